The first-order chi connectivity index (χ1) is 16.0. The summed E-state index contributed by atoms with van der Waals surface area (Å²) in [6.45, 7) is 7.66. The zero-order chi connectivity index (χ0) is 23.7. The molecule has 5 rings (SSSR count). The highest BCUT2D eigenvalue weighted by atomic mass is 19.1. The Hall–Kier alpha value is -4.07. The van der Waals surface area contributed by atoms with E-state index in [1.165, 1.54) is 24.5 Å². The Balaban J connectivity index is 0.00000126. The minimum Gasteiger partial charge on any atom is -0.424 e. The van der Waals surface area contributed by atoms with Gasteiger partial charge in [0.05, 0.1) is 16.5 Å². The van der Waals surface area contributed by atoms with Crippen LogP contribution in [0, 0.1) is 12.7 Å². The number of aromatic nitrogens is 4. The summed E-state index contributed by atoms with van der Waals surface area (Å²) in [6, 6.07) is 12.9. The maximum Gasteiger partial charge on any atom is 0.343 e. The molecule has 0 spiro atoms. The molecule has 33 heavy (non-hydrogen) atoms. The highest BCUT2D eigenvalue weighted by molar-refractivity contribution is 5.97. The first-order valence-corrected chi connectivity index (χ1v) is 10.7. The molecule has 2 N–H and O–H groups in total. The van der Waals surface area contributed by atoms with Crippen molar-refractivity contribution in [3.05, 3.63) is 82.5 Å². The predicted molar refractivity (Wildman–Crippen MR) is 128 cm³/mol. The lowest BCUT2D eigenvalue weighted by atomic mass is 9.96. The molecule has 5 aromatic rings. The molecule has 0 saturated carbocycles. The average molecular weight is 445 g/mol. The minimum absolute atomic E-state index is 0.310. The number of benzene rings is 2. The normalized spacial score (nSPS) is 11.9. The fourth-order valence-corrected chi connectivity index (χ4v) is 3.99. The third-order valence-corrected chi connectivity index (χ3v) is 5.42. The molecular formula is C25H24FN5O2. The molecule has 7 nitrogen and oxygen atoms in total. The molecule has 1 unspecified atom stereocenters. The van der Waals surface area contributed by atoms with Crippen LogP contribution in [0.4, 0.5) is 10.2 Å². The number of hydrogen-bond donors (Lipinski definition) is 1. The van der Waals surface area contributed by atoms with Crippen molar-refractivity contribution >= 4 is 27.6 Å². The van der Waals surface area contributed by atoms with Crippen molar-refractivity contribution in [2.45, 2.75) is 33.7 Å². The van der Waals surface area contributed by atoms with E-state index in [4.69, 9.17) is 10.2 Å². The topological polar surface area (TPSA) is 99.8 Å². The standard InChI is InChI=1S/C23H18FN5O2.C2H6/c1-12-18-21(25)26-11-27-22(18)29(28-12)13(2)20-19(14-6-4-3-5-7-14)17-10-15(24)8-9-16(17)23(30)31-20;1-2/h3-11,13H,1-2H3,(H2,25,26,27);1-2H3. The van der Waals surface area contributed by atoms with Gasteiger partial charge in [-0.15, -0.1) is 0 Å². The summed E-state index contributed by atoms with van der Waals surface area (Å²) in [5.41, 5.74) is 8.10. The number of aryl methyl sites for hydroxylation is 1. The van der Waals surface area contributed by atoms with Gasteiger partial charge in [-0.1, -0.05) is 44.2 Å². The lowest BCUT2D eigenvalue weighted by Crippen LogP contribution is -2.14. The molecule has 0 fully saturated rings. The molecular weight excluding hydrogens is 421 g/mol. The van der Waals surface area contributed by atoms with E-state index in [0.717, 1.165) is 5.56 Å². The zero-order valence-electron chi connectivity index (χ0n) is 18.8. The van der Waals surface area contributed by atoms with Crippen molar-refractivity contribution < 1.29 is 8.81 Å². The summed E-state index contributed by atoms with van der Waals surface area (Å²) in [5, 5.41) is 6.02. The molecule has 8 heteroatoms. The summed E-state index contributed by atoms with van der Waals surface area (Å²) in [4.78, 5) is 21.2. The van der Waals surface area contributed by atoms with Crippen LogP contribution in [-0.4, -0.2) is 19.7 Å². The first kappa shape index (κ1) is 22.1. The smallest absolute Gasteiger partial charge is 0.343 e. The number of anilines is 1. The summed E-state index contributed by atoms with van der Waals surface area (Å²) in [6.07, 6.45) is 1.37. The van der Waals surface area contributed by atoms with Crippen LogP contribution in [0.3, 0.4) is 0 Å². The van der Waals surface area contributed by atoms with Gasteiger partial charge in [-0.05, 0) is 37.6 Å². The Morgan fingerprint density at radius 1 is 1.06 bits per heavy atom. The molecule has 2 aromatic carbocycles. The van der Waals surface area contributed by atoms with Crippen molar-refractivity contribution in [3.8, 4) is 11.1 Å². The van der Waals surface area contributed by atoms with Crippen LogP contribution in [0.2, 0.25) is 0 Å². The number of nitrogens with two attached hydrogens (primary N) is 1. The highest BCUT2D eigenvalue weighted by Crippen LogP contribution is 2.36. The minimum atomic E-state index is -0.543. The molecule has 0 aliphatic rings. The van der Waals surface area contributed by atoms with Crippen molar-refractivity contribution in [1.29, 1.82) is 0 Å². The van der Waals surface area contributed by atoms with Gasteiger partial charge in [0.25, 0.3) is 0 Å². The number of fused-ring (bicyclic) bond motifs is 2. The number of nitrogen functional groups attached to an aromatic ring is 1. The van der Waals surface area contributed by atoms with Crippen molar-refractivity contribution in [2.24, 2.45) is 0 Å². The molecule has 3 heterocycles. The van der Waals surface area contributed by atoms with Crippen molar-refractivity contribution in [3.63, 3.8) is 0 Å². The molecule has 0 radical (unpaired) electrons. The molecule has 1 atom stereocenters. The van der Waals surface area contributed by atoms with Gasteiger partial charge in [-0.2, -0.15) is 5.10 Å². The van der Waals surface area contributed by atoms with Gasteiger partial charge < -0.3 is 10.2 Å². The second kappa shape index (κ2) is 8.82. The molecule has 3 aromatic heterocycles. The van der Waals surface area contributed by atoms with E-state index in [1.807, 2.05) is 58.0 Å². The number of halogens is 1. The summed E-state index contributed by atoms with van der Waals surface area (Å²) in [7, 11) is 0. The van der Waals surface area contributed by atoms with E-state index < -0.39 is 17.5 Å². The second-order valence-corrected chi connectivity index (χ2v) is 7.35. The fraction of sp³-hybridized carbons (Fsp3) is 0.200. The largest absolute Gasteiger partial charge is 0.424 e. The van der Waals surface area contributed by atoms with E-state index in [1.54, 1.807) is 4.68 Å². The summed E-state index contributed by atoms with van der Waals surface area (Å²) >= 11 is 0. The maximum absolute atomic E-state index is 14.2. The Morgan fingerprint density at radius 3 is 2.52 bits per heavy atom. The van der Waals surface area contributed by atoms with Gasteiger partial charge in [-0.3, -0.25) is 0 Å². The van der Waals surface area contributed by atoms with Crippen LogP contribution < -0.4 is 11.4 Å². The Labute approximate surface area is 189 Å². The lowest BCUT2D eigenvalue weighted by molar-refractivity contribution is 0.404. The fourth-order valence-electron chi connectivity index (χ4n) is 3.99. The number of hydrogen-bond acceptors (Lipinski definition) is 6. The lowest BCUT2D eigenvalue weighted by Gasteiger charge is -2.18. The SMILES string of the molecule is CC.Cc1nn(C(C)c2oc(=O)c3ccc(F)cc3c2-c2ccccc2)c2ncnc(N)c12. The Kier molecular flexibility index (Phi) is 5.91. The van der Waals surface area contributed by atoms with Gasteiger partial charge in [0, 0.05) is 10.9 Å². The number of nitrogens with zero attached hydrogens (tertiary/aromatic N) is 4. The quantitative estimate of drug-likeness (QED) is 0.406. The van der Waals surface area contributed by atoms with Gasteiger partial charge in [0.1, 0.15) is 29.8 Å². The monoisotopic (exact) mass is 445 g/mol. The van der Waals surface area contributed by atoms with Gasteiger partial charge >= 0.3 is 5.63 Å². The van der Waals surface area contributed by atoms with E-state index in [0.29, 0.717) is 44.6 Å². The van der Waals surface area contributed by atoms with E-state index in [2.05, 4.69) is 15.1 Å². The van der Waals surface area contributed by atoms with Crippen LogP contribution >= 0.6 is 0 Å². The van der Waals surface area contributed by atoms with Gasteiger partial charge in [0.15, 0.2) is 5.65 Å². The van der Waals surface area contributed by atoms with Crippen LogP contribution in [0.15, 0.2) is 64.1 Å². The third-order valence-electron chi connectivity index (χ3n) is 5.42. The molecule has 0 amide bonds. The van der Waals surface area contributed by atoms with Crippen LogP contribution in [0.25, 0.3) is 32.9 Å². The van der Waals surface area contributed by atoms with E-state index >= 15 is 0 Å². The Bertz CT molecular complexity index is 1510. The van der Waals surface area contributed by atoms with Crippen LogP contribution in [0.1, 0.15) is 38.3 Å². The first-order valence-electron chi connectivity index (χ1n) is 10.7. The van der Waals surface area contributed by atoms with Gasteiger partial charge in [0.2, 0.25) is 0 Å². The predicted octanol–water partition coefficient (Wildman–Crippen LogP) is 5.26. The average Bonchev–Trinajstić information content (AvgIpc) is 3.17. The van der Waals surface area contributed by atoms with E-state index in [9.17, 15) is 9.18 Å². The molecule has 0 aliphatic heterocycles. The maximum atomic E-state index is 14.2. The molecule has 0 aliphatic carbocycles. The molecule has 168 valence electrons. The molecule has 0 bridgehead atoms. The highest BCUT2D eigenvalue weighted by Gasteiger charge is 2.25. The number of rotatable bonds is 3. The summed E-state index contributed by atoms with van der Waals surface area (Å²) in [5.74, 6) is 0.247. The zero-order valence-corrected chi connectivity index (χ0v) is 18.8. The summed E-state index contributed by atoms with van der Waals surface area (Å²) < 4.78 is 21.7. The van der Waals surface area contributed by atoms with Crippen LogP contribution in [-0.2, 0) is 0 Å². The second-order valence-electron chi connectivity index (χ2n) is 7.35. The van der Waals surface area contributed by atoms with Crippen LogP contribution in [0.5, 0.6) is 0 Å². The van der Waals surface area contributed by atoms with Crippen molar-refractivity contribution in [2.75, 3.05) is 5.73 Å². The third kappa shape index (κ3) is 3.73. The molecule has 0 saturated heterocycles. The van der Waals surface area contributed by atoms with E-state index in [-0.39, 0.29) is 0 Å². The Morgan fingerprint density at radius 2 is 1.79 bits per heavy atom. The van der Waals surface area contributed by atoms with Crippen molar-refractivity contribution in [1.82, 2.24) is 19.7 Å². The van der Waals surface area contributed by atoms with Gasteiger partial charge in [-0.25, -0.2) is 23.8 Å².